The highest BCUT2D eigenvalue weighted by molar-refractivity contribution is 5.82. The van der Waals surface area contributed by atoms with Crippen LogP contribution in [0.4, 0.5) is 0 Å². The van der Waals surface area contributed by atoms with Gasteiger partial charge in [-0.1, -0.05) is 0 Å². The van der Waals surface area contributed by atoms with Crippen molar-refractivity contribution in [3.8, 4) is 0 Å². The first-order chi connectivity index (χ1) is 8.93. The molecule has 1 aliphatic heterocycles. The van der Waals surface area contributed by atoms with Crippen LogP contribution in [0.1, 0.15) is 25.1 Å². The lowest BCUT2D eigenvalue weighted by Gasteiger charge is -2.15. The van der Waals surface area contributed by atoms with E-state index in [4.69, 9.17) is 10.1 Å². The number of aliphatic hydroxyl groups excluding tert-OH is 1. The van der Waals surface area contributed by atoms with Crippen LogP contribution in [0.15, 0.2) is 15.8 Å². The molecule has 0 bridgehead atoms. The van der Waals surface area contributed by atoms with Gasteiger partial charge in [-0.2, -0.15) is 0 Å². The van der Waals surface area contributed by atoms with Gasteiger partial charge < -0.3 is 15.3 Å². The summed E-state index contributed by atoms with van der Waals surface area (Å²) >= 11 is 0. The molecule has 2 heterocycles. The molecule has 104 valence electrons. The summed E-state index contributed by atoms with van der Waals surface area (Å²) in [5.41, 5.74) is -0.132. The summed E-state index contributed by atoms with van der Waals surface area (Å²) in [4.78, 5) is 25.3. The van der Waals surface area contributed by atoms with E-state index >= 15 is 0 Å². The Morgan fingerprint density at radius 2 is 2.32 bits per heavy atom. The minimum Gasteiger partial charge on any atom is -0.394 e. The molecule has 0 saturated carbocycles. The highest BCUT2D eigenvalue weighted by Crippen LogP contribution is 2.33. The van der Waals surface area contributed by atoms with Gasteiger partial charge in [0, 0.05) is 29.8 Å². The fourth-order valence-corrected chi connectivity index (χ4v) is 2.33. The lowest BCUT2D eigenvalue weighted by atomic mass is 9.96. The van der Waals surface area contributed by atoms with Crippen molar-refractivity contribution < 1.29 is 9.84 Å². The van der Waals surface area contributed by atoms with Crippen molar-refractivity contribution in [2.24, 2.45) is 5.92 Å². The van der Waals surface area contributed by atoms with Gasteiger partial charge in [0.1, 0.15) is 6.23 Å². The Kier molecular flexibility index (Phi) is 3.68. The Morgan fingerprint density at radius 1 is 1.63 bits per heavy atom. The lowest BCUT2D eigenvalue weighted by molar-refractivity contribution is -0.0284. The van der Waals surface area contributed by atoms with Crippen LogP contribution < -0.4 is 11.2 Å². The van der Waals surface area contributed by atoms with Crippen molar-refractivity contribution in [2.45, 2.75) is 32.6 Å². The number of hydrogen-bond donors (Lipinski definition) is 3. The Balaban J connectivity index is 2.35. The largest absolute Gasteiger partial charge is 0.394 e. The van der Waals surface area contributed by atoms with E-state index in [2.05, 4.69) is 4.98 Å². The van der Waals surface area contributed by atoms with Gasteiger partial charge in [-0.15, -0.1) is 0 Å². The second-order valence-electron chi connectivity index (χ2n) is 4.82. The number of aryl methyl sites for hydroxylation is 1. The van der Waals surface area contributed by atoms with Crippen molar-refractivity contribution in [3.05, 3.63) is 32.6 Å². The molecule has 0 aromatic carbocycles. The van der Waals surface area contributed by atoms with Crippen LogP contribution in [0.5, 0.6) is 0 Å². The summed E-state index contributed by atoms with van der Waals surface area (Å²) in [6, 6.07) is 0. The first-order valence-corrected chi connectivity index (χ1v) is 6.07. The van der Waals surface area contributed by atoms with Gasteiger partial charge in [0.05, 0.1) is 12.7 Å². The van der Waals surface area contributed by atoms with E-state index in [1.807, 2.05) is 0 Å². The minimum atomic E-state index is -0.564. The molecule has 1 aromatic rings. The van der Waals surface area contributed by atoms with Crippen molar-refractivity contribution in [1.82, 2.24) is 9.55 Å². The molecule has 19 heavy (non-hydrogen) atoms. The summed E-state index contributed by atoms with van der Waals surface area (Å²) in [7, 11) is 0. The summed E-state index contributed by atoms with van der Waals surface area (Å²) in [6.07, 6.45) is 0.834. The normalized spacial score (nSPS) is 26.6. The molecule has 7 nitrogen and oxygen atoms in total. The molecular formula is C12H17N3O4. The van der Waals surface area contributed by atoms with E-state index in [0.29, 0.717) is 17.7 Å². The van der Waals surface area contributed by atoms with E-state index in [0.717, 1.165) is 0 Å². The SMILES string of the molecule is CC(=N)[C@@H]1C[C@H](n2cc(C)c(=O)[nH]c2=O)OC1CO. The number of aromatic nitrogens is 2. The van der Waals surface area contributed by atoms with Crippen LogP contribution in [0.3, 0.4) is 0 Å². The third kappa shape index (κ3) is 2.52. The van der Waals surface area contributed by atoms with E-state index in [1.165, 1.54) is 10.8 Å². The van der Waals surface area contributed by atoms with Crippen molar-refractivity contribution in [1.29, 1.82) is 5.41 Å². The summed E-state index contributed by atoms with van der Waals surface area (Å²) in [5.74, 6) is -0.214. The standard InChI is InChI=1S/C12H17N3O4/c1-6-4-15(12(18)14-11(6)17)10-3-8(7(2)13)9(5-16)19-10/h4,8-10,13,16H,3,5H2,1-2H3,(H,14,17,18)/t8-,9?,10+/m0/s1. The Bertz CT molecular complexity index is 604. The van der Waals surface area contributed by atoms with Gasteiger partial charge >= 0.3 is 5.69 Å². The van der Waals surface area contributed by atoms with Crippen molar-refractivity contribution in [3.63, 3.8) is 0 Å². The van der Waals surface area contributed by atoms with Crippen LogP contribution in [-0.2, 0) is 4.74 Å². The second kappa shape index (κ2) is 5.10. The molecule has 0 aliphatic carbocycles. The molecule has 1 fully saturated rings. The molecule has 1 aromatic heterocycles. The molecular weight excluding hydrogens is 250 g/mol. The predicted octanol–water partition coefficient (Wildman–Crippen LogP) is -0.219. The smallest absolute Gasteiger partial charge is 0.330 e. The first kappa shape index (κ1) is 13.7. The van der Waals surface area contributed by atoms with Gasteiger partial charge in [-0.3, -0.25) is 14.3 Å². The van der Waals surface area contributed by atoms with Crippen LogP contribution in [0, 0.1) is 18.3 Å². The topological polar surface area (TPSA) is 108 Å². The third-order valence-electron chi connectivity index (χ3n) is 3.43. The number of aliphatic hydroxyl groups is 1. The number of ether oxygens (including phenoxy) is 1. The molecule has 1 unspecified atom stereocenters. The van der Waals surface area contributed by atoms with Crippen LogP contribution in [0.25, 0.3) is 0 Å². The molecule has 0 radical (unpaired) electrons. The number of hydrogen-bond acceptors (Lipinski definition) is 5. The van der Waals surface area contributed by atoms with E-state index in [9.17, 15) is 14.7 Å². The maximum absolute atomic E-state index is 11.8. The second-order valence-corrected chi connectivity index (χ2v) is 4.82. The van der Waals surface area contributed by atoms with E-state index in [1.54, 1.807) is 13.8 Å². The van der Waals surface area contributed by atoms with Gasteiger partial charge in [-0.25, -0.2) is 4.79 Å². The zero-order valence-corrected chi connectivity index (χ0v) is 10.8. The predicted molar refractivity (Wildman–Crippen MR) is 68.6 cm³/mol. The fraction of sp³-hybridized carbons (Fsp3) is 0.583. The molecule has 2 rings (SSSR count). The van der Waals surface area contributed by atoms with Gasteiger partial charge in [0.15, 0.2) is 0 Å². The van der Waals surface area contributed by atoms with Gasteiger partial charge in [-0.05, 0) is 13.8 Å². The average molecular weight is 267 g/mol. The molecule has 7 heteroatoms. The monoisotopic (exact) mass is 267 g/mol. The van der Waals surface area contributed by atoms with Crippen LogP contribution >= 0.6 is 0 Å². The number of rotatable bonds is 3. The van der Waals surface area contributed by atoms with Gasteiger partial charge in [0.2, 0.25) is 0 Å². The van der Waals surface area contributed by atoms with Crippen molar-refractivity contribution >= 4 is 5.71 Å². The quantitative estimate of drug-likeness (QED) is 0.658. The summed E-state index contributed by atoms with van der Waals surface area (Å²) in [6.45, 7) is 3.06. The number of nitrogens with one attached hydrogen (secondary N) is 2. The highest BCUT2D eigenvalue weighted by Gasteiger charge is 2.37. The number of H-pyrrole nitrogens is 1. The van der Waals surface area contributed by atoms with Crippen LogP contribution in [0.2, 0.25) is 0 Å². The first-order valence-electron chi connectivity index (χ1n) is 6.07. The zero-order chi connectivity index (χ0) is 14.2. The highest BCUT2D eigenvalue weighted by atomic mass is 16.5. The lowest BCUT2D eigenvalue weighted by Crippen LogP contribution is -2.33. The molecule has 3 atom stereocenters. The van der Waals surface area contributed by atoms with Crippen LogP contribution in [-0.4, -0.2) is 33.1 Å². The summed E-state index contributed by atoms with van der Waals surface area (Å²) in [5, 5.41) is 16.9. The minimum absolute atomic E-state index is 0.200. The van der Waals surface area contributed by atoms with E-state index < -0.39 is 23.6 Å². The maximum atomic E-state index is 11.8. The van der Waals surface area contributed by atoms with Gasteiger partial charge in [0.25, 0.3) is 5.56 Å². The fourth-order valence-electron chi connectivity index (χ4n) is 2.33. The van der Waals surface area contributed by atoms with E-state index in [-0.39, 0.29) is 12.5 Å². The molecule has 1 saturated heterocycles. The number of aromatic amines is 1. The molecule has 0 amide bonds. The Hall–Kier alpha value is -1.73. The molecule has 0 spiro atoms. The average Bonchev–Trinajstić information content (AvgIpc) is 2.77. The van der Waals surface area contributed by atoms with Crippen molar-refractivity contribution in [2.75, 3.05) is 6.61 Å². The Morgan fingerprint density at radius 3 is 2.84 bits per heavy atom. The molecule has 3 N–H and O–H groups in total. The zero-order valence-electron chi connectivity index (χ0n) is 10.8. The maximum Gasteiger partial charge on any atom is 0.330 e. The summed E-state index contributed by atoms with van der Waals surface area (Å²) < 4.78 is 6.90. The Labute approximate surface area is 109 Å². The number of nitrogens with zero attached hydrogens (tertiary/aromatic N) is 1. The molecule has 1 aliphatic rings. The third-order valence-corrected chi connectivity index (χ3v) is 3.43.